The normalized spacial score (nSPS) is 19.0. The van der Waals surface area contributed by atoms with Crippen LogP contribution in [0.2, 0.25) is 0 Å². The van der Waals surface area contributed by atoms with Gasteiger partial charge in [0.15, 0.2) is 0 Å². The summed E-state index contributed by atoms with van der Waals surface area (Å²) in [7, 11) is 0. The van der Waals surface area contributed by atoms with Crippen molar-refractivity contribution in [1.29, 1.82) is 0 Å². The van der Waals surface area contributed by atoms with Gasteiger partial charge in [-0.05, 0) is 48.3 Å². The molecule has 1 aromatic rings. The number of hydrogen-bond donors (Lipinski definition) is 1. The molecule has 6 heteroatoms. The van der Waals surface area contributed by atoms with Crippen LogP contribution < -0.4 is 5.32 Å². The zero-order valence-electron chi connectivity index (χ0n) is 21.6. The quantitative estimate of drug-likeness (QED) is 0.335. The number of nitrogens with one attached hydrogen (secondary N) is 1. The molecular formula is C28H42BrN3O2. The van der Waals surface area contributed by atoms with Crippen LogP contribution in [0.25, 0.3) is 5.70 Å². The summed E-state index contributed by atoms with van der Waals surface area (Å²) < 4.78 is 0.940. The second kappa shape index (κ2) is 13.1. The Morgan fingerprint density at radius 2 is 1.82 bits per heavy atom. The maximum Gasteiger partial charge on any atom is 0.224 e. The number of amides is 2. The fraction of sp³-hybridized carbons (Fsp3) is 0.571. The number of nitrogens with zero attached hydrogens (tertiary/aromatic N) is 2. The van der Waals surface area contributed by atoms with Crippen LogP contribution in [0.4, 0.5) is 5.69 Å². The van der Waals surface area contributed by atoms with Gasteiger partial charge < -0.3 is 15.1 Å². The van der Waals surface area contributed by atoms with Crippen LogP contribution in [-0.2, 0) is 9.59 Å². The average Bonchev–Trinajstić information content (AvgIpc) is 2.76. The Kier molecular flexibility index (Phi) is 10.9. The number of halogens is 1. The molecule has 1 aliphatic heterocycles. The topological polar surface area (TPSA) is 52.7 Å². The molecule has 1 fully saturated rings. The first-order chi connectivity index (χ1) is 16.0. The standard InChI is InChI=1S/C28H42BrN3O2/c1-8-20(4)16-32(15-19(2)3)28(34)12-11-27(33)30-26-10-9-24(29)14-25(26)23(7)31-17-21(5)13-22(6)18-31/h8-10,14,19-22H,1,7,11-13,15-18H2,2-6H3,(H,30,33). The highest BCUT2D eigenvalue weighted by Crippen LogP contribution is 2.33. The lowest BCUT2D eigenvalue weighted by molar-refractivity contribution is -0.133. The smallest absolute Gasteiger partial charge is 0.224 e. The van der Waals surface area contributed by atoms with E-state index in [0.717, 1.165) is 34.5 Å². The number of rotatable bonds is 11. The van der Waals surface area contributed by atoms with Crippen molar-refractivity contribution < 1.29 is 9.59 Å². The van der Waals surface area contributed by atoms with E-state index in [1.54, 1.807) is 0 Å². The summed E-state index contributed by atoms with van der Waals surface area (Å²) in [5.74, 6) is 1.64. The first-order valence-electron chi connectivity index (χ1n) is 12.4. The monoisotopic (exact) mass is 531 g/mol. The van der Waals surface area contributed by atoms with Gasteiger partial charge in [-0.1, -0.05) is 63.2 Å². The van der Waals surface area contributed by atoms with Gasteiger partial charge in [-0.3, -0.25) is 9.59 Å². The lowest BCUT2D eigenvalue weighted by atomic mass is 9.91. The Morgan fingerprint density at radius 3 is 2.41 bits per heavy atom. The maximum atomic E-state index is 12.9. The van der Waals surface area contributed by atoms with Gasteiger partial charge in [0, 0.05) is 54.8 Å². The lowest BCUT2D eigenvalue weighted by Crippen LogP contribution is -2.37. The fourth-order valence-corrected chi connectivity index (χ4v) is 5.01. The first-order valence-corrected chi connectivity index (χ1v) is 13.2. The molecule has 0 aliphatic carbocycles. The molecule has 1 N–H and O–H groups in total. The minimum atomic E-state index is -0.161. The zero-order valence-corrected chi connectivity index (χ0v) is 23.2. The van der Waals surface area contributed by atoms with Crippen molar-refractivity contribution in [3.05, 3.63) is 47.5 Å². The summed E-state index contributed by atoms with van der Waals surface area (Å²) in [5, 5.41) is 3.03. The van der Waals surface area contributed by atoms with Crippen molar-refractivity contribution in [3.63, 3.8) is 0 Å². The van der Waals surface area contributed by atoms with Crippen molar-refractivity contribution in [1.82, 2.24) is 9.80 Å². The molecule has 1 aromatic carbocycles. The van der Waals surface area contributed by atoms with Gasteiger partial charge in [0.05, 0.1) is 5.69 Å². The number of benzene rings is 1. The Morgan fingerprint density at radius 1 is 1.18 bits per heavy atom. The van der Waals surface area contributed by atoms with Gasteiger partial charge in [-0.25, -0.2) is 0 Å². The molecule has 3 unspecified atom stereocenters. The second-order valence-corrected chi connectivity index (χ2v) is 11.4. The number of carbonyl (C=O) groups excluding carboxylic acids is 2. The number of carbonyl (C=O) groups is 2. The van der Waals surface area contributed by atoms with Crippen LogP contribution in [-0.4, -0.2) is 47.8 Å². The van der Waals surface area contributed by atoms with E-state index in [1.807, 2.05) is 36.1 Å². The molecule has 1 aliphatic rings. The number of hydrogen-bond acceptors (Lipinski definition) is 3. The Bertz CT molecular complexity index is 872. The molecule has 1 heterocycles. The minimum absolute atomic E-state index is 0.00859. The molecule has 0 aromatic heterocycles. The van der Waals surface area contributed by atoms with Gasteiger partial charge in [0.2, 0.25) is 11.8 Å². The molecule has 0 radical (unpaired) electrons. The van der Waals surface area contributed by atoms with Crippen molar-refractivity contribution in [2.75, 3.05) is 31.5 Å². The van der Waals surface area contributed by atoms with Crippen molar-refractivity contribution in [2.45, 2.75) is 53.9 Å². The van der Waals surface area contributed by atoms with E-state index in [9.17, 15) is 9.59 Å². The molecule has 1 saturated heterocycles. The summed E-state index contributed by atoms with van der Waals surface area (Å²) >= 11 is 3.56. The van der Waals surface area contributed by atoms with Gasteiger partial charge >= 0.3 is 0 Å². The van der Waals surface area contributed by atoms with Crippen LogP contribution in [0.3, 0.4) is 0 Å². The molecule has 0 bridgehead atoms. The van der Waals surface area contributed by atoms with E-state index in [4.69, 9.17) is 0 Å². The largest absolute Gasteiger partial charge is 0.371 e. The van der Waals surface area contributed by atoms with Gasteiger partial charge in [0.1, 0.15) is 0 Å². The van der Waals surface area contributed by atoms with E-state index in [-0.39, 0.29) is 30.6 Å². The molecule has 0 saturated carbocycles. The van der Waals surface area contributed by atoms with Crippen LogP contribution >= 0.6 is 15.9 Å². The molecule has 3 atom stereocenters. The molecule has 2 amide bonds. The predicted octanol–water partition coefficient (Wildman–Crippen LogP) is 6.42. The van der Waals surface area contributed by atoms with Crippen LogP contribution in [0, 0.1) is 23.7 Å². The highest BCUT2D eigenvalue weighted by atomic mass is 79.9. The summed E-state index contributed by atoms with van der Waals surface area (Å²) in [6.07, 6.45) is 3.42. The van der Waals surface area contributed by atoms with E-state index in [2.05, 4.69) is 67.0 Å². The summed E-state index contributed by atoms with van der Waals surface area (Å²) in [6.45, 7) is 22.2. The third-order valence-electron chi connectivity index (χ3n) is 6.23. The Balaban J connectivity index is 2.06. The average molecular weight is 533 g/mol. The number of anilines is 1. The van der Waals surface area contributed by atoms with Crippen LogP contribution in [0.15, 0.2) is 41.9 Å². The van der Waals surface area contributed by atoms with Gasteiger partial charge in [0.25, 0.3) is 0 Å². The first kappa shape index (κ1) is 28.2. The molecule has 34 heavy (non-hydrogen) atoms. The van der Waals surface area contributed by atoms with Gasteiger partial charge in [-0.2, -0.15) is 0 Å². The Hall–Kier alpha value is -2.08. The van der Waals surface area contributed by atoms with E-state index in [0.29, 0.717) is 30.8 Å². The Labute approximate surface area is 214 Å². The third kappa shape index (κ3) is 8.61. The SMILES string of the molecule is C=CC(C)CN(CC(C)C)C(=O)CCC(=O)Nc1ccc(Br)cc1C(=C)N1CC(C)CC(C)C1. The highest BCUT2D eigenvalue weighted by Gasteiger charge is 2.25. The maximum absolute atomic E-state index is 12.9. The molecule has 0 spiro atoms. The predicted molar refractivity (Wildman–Crippen MR) is 146 cm³/mol. The van der Waals surface area contributed by atoms with E-state index >= 15 is 0 Å². The lowest BCUT2D eigenvalue weighted by Gasteiger charge is -2.38. The molecular weight excluding hydrogens is 490 g/mol. The zero-order chi connectivity index (χ0) is 25.4. The van der Waals surface area contributed by atoms with Crippen LogP contribution in [0.5, 0.6) is 0 Å². The summed E-state index contributed by atoms with van der Waals surface area (Å²) in [4.78, 5) is 29.9. The van der Waals surface area contributed by atoms with E-state index < -0.39 is 0 Å². The number of piperidine rings is 1. The summed E-state index contributed by atoms with van der Waals surface area (Å²) in [6, 6.07) is 5.83. The van der Waals surface area contributed by atoms with Crippen molar-refractivity contribution >= 4 is 39.1 Å². The summed E-state index contributed by atoms with van der Waals surface area (Å²) in [5.41, 5.74) is 2.57. The number of likely N-dealkylation sites (tertiary alicyclic amines) is 1. The molecule has 5 nitrogen and oxygen atoms in total. The molecule has 2 rings (SSSR count). The third-order valence-corrected chi connectivity index (χ3v) is 6.73. The second-order valence-electron chi connectivity index (χ2n) is 10.4. The fourth-order valence-electron chi connectivity index (χ4n) is 4.65. The van der Waals surface area contributed by atoms with Crippen LogP contribution in [0.1, 0.15) is 59.4 Å². The highest BCUT2D eigenvalue weighted by molar-refractivity contribution is 9.10. The van der Waals surface area contributed by atoms with Gasteiger partial charge in [-0.15, -0.1) is 6.58 Å². The van der Waals surface area contributed by atoms with Crippen molar-refractivity contribution in [2.24, 2.45) is 23.7 Å². The molecule has 188 valence electrons. The minimum Gasteiger partial charge on any atom is -0.371 e. The van der Waals surface area contributed by atoms with Crippen molar-refractivity contribution in [3.8, 4) is 0 Å². The van der Waals surface area contributed by atoms with E-state index in [1.165, 1.54) is 6.42 Å².